The average molecular weight is 245 g/mol. The molecule has 0 fully saturated rings. The summed E-state index contributed by atoms with van der Waals surface area (Å²) in [5.74, 6) is -0.992. The molecule has 94 valence electrons. The van der Waals surface area contributed by atoms with Gasteiger partial charge in [0, 0.05) is 23.0 Å². The van der Waals surface area contributed by atoms with Crippen molar-refractivity contribution in [1.29, 1.82) is 0 Å². The van der Waals surface area contributed by atoms with Crippen molar-refractivity contribution < 1.29 is 9.90 Å². The molecule has 18 heavy (non-hydrogen) atoms. The molecular weight excluding hydrogens is 230 g/mol. The van der Waals surface area contributed by atoms with Crippen LogP contribution in [0.2, 0.25) is 0 Å². The number of hydrogen-bond acceptors (Lipinski definition) is 2. The van der Waals surface area contributed by atoms with Crippen LogP contribution < -0.4 is 5.56 Å². The van der Waals surface area contributed by atoms with Crippen LogP contribution in [0.15, 0.2) is 29.1 Å². The number of carboxylic acid groups (broad SMARTS) is 1. The first-order valence-corrected chi connectivity index (χ1v) is 5.93. The Kier molecular flexibility index (Phi) is 3.19. The summed E-state index contributed by atoms with van der Waals surface area (Å²) in [5, 5.41) is 10.3. The minimum absolute atomic E-state index is 0.116. The van der Waals surface area contributed by atoms with Crippen LogP contribution in [0.4, 0.5) is 0 Å². The Morgan fingerprint density at radius 2 is 1.89 bits per heavy atom. The molecule has 0 aliphatic carbocycles. The lowest BCUT2D eigenvalue weighted by Gasteiger charge is -2.14. The van der Waals surface area contributed by atoms with E-state index in [4.69, 9.17) is 0 Å². The molecule has 2 rings (SSSR count). The van der Waals surface area contributed by atoms with Gasteiger partial charge in [0.2, 0.25) is 0 Å². The second kappa shape index (κ2) is 4.64. The van der Waals surface area contributed by atoms with Gasteiger partial charge >= 0.3 is 5.97 Å². The molecule has 0 atom stereocenters. The average Bonchev–Trinajstić information content (AvgIpc) is 2.34. The Hall–Kier alpha value is -2.10. The Labute approximate surface area is 104 Å². The normalized spacial score (nSPS) is 10.8. The maximum atomic E-state index is 12.3. The first kappa shape index (κ1) is 12.4. The highest BCUT2D eigenvalue weighted by Gasteiger charge is 2.17. The van der Waals surface area contributed by atoms with Crippen molar-refractivity contribution in [1.82, 2.24) is 4.57 Å². The molecule has 0 saturated heterocycles. The molecular formula is C14H15NO3. The zero-order valence-electron chi connectivity index (χ0n) is 10.4. The minimum atomic E-state index is -0.992. The fraction of sp³-hybridized carbons (Fsp3) is 0.286. The number of hydrogen-bond donors (Lipinski definition) is 1. The first-order chi connectivity index (χ1) is 8.57. The summed E-state index contributed by atoms with van der Waals surface area (Å²) < 4.78 is 1.55. The van der Waals surface area contributed by atoms with E-state index in [0.29, 0.717) is 23.0 Å². The Morgan fingerprint density at radius 1 is 1.28 bits per heavy atom. The van der Waals surface area contributed by atoms with Gasteiger partial charge in [-0.15, -0.1) is 0 Å². The zero-order valence-corrected chi connectivity index (χ0v) is 10.4. The molecule has 1 N–H and O–H groups in total. The standard InChI is InChI=1S/C14H15NO3/c1-3-8-15-9(2)12(14(17)18)10-6-4-5-7-11(10)13(15)16/h4-7H,3,8H2,1-2H3,(H,17,18). The largest absolute Gasteiger partial charge is 0.478 e. The number of carbonyl (C=O) groups is 1. The van der Waals surface area contributed by atoms with Crippen LogP contribution in [0.3, 0.4) is 0 Å². The minimum Gasteiger partial charge on any atom is -0.478 e. The third-order valence-electron chi connectivity index (χ3n) is 3.10. The van der Waals surface area contributed by atoms with Crippen LogP contribution in [0.25, 0.3) is 10.8 Å². The summed E-state index contributed by atoms with van der Waals surface area (Å²) in [6, 6.07) is 6.86. The highest BCUT2D eigenvalue weighted by molar-refractivity contribution is 6.04. The Morgan fingerprint density at radius 3 is 2.44 bits per heavy atom. The van der Waals surface area contributed by atoms with E-state index >= 15 is 0 Å². The second-order valence-electron chi connectivity index (χ2n) is 4.27. The summed E-state index contributed by atoms with van der Waals surface area (Å²) in [6.45, 7) is 4.18. The lowest BCUT2D eigenvalue weighted by molar-refractivity contribution is 0.0697. The SMILES string of the molecule is CCCn1c(C)c(C(=O)O)c2ccccc2c1=O. The molecule has 0 unspecified atom stereocenters. The summed E-state index contributed by atoms with van der Waals surface area (Å²) in [7, 11) is 0. The number of fused-ring (bicyclic) bond motifs is 1. The molecule has 1 heterocycles. The molecule has 1 aromatic heterocycles. The maximum Gasteiger partial charge on any atom is 0.338 e. The van der Waals surface area contributed by atoms with E-state index in [0.717, 1.165) is 6.42 Å². The fourth-order valence-corrected chi connectivity index (χ4v) is 2.28. The molecule has 4 nitrogen and oxygen atoms in total. The van der Waals surface area contributed by atoms with Crippen LogP contribution >= 0.6 is 0 Å². The van der Waals surface area contributed by atoms with Gasteiger partial charge in [-0.1, -0.05) is 25.1 Å². The van der Waals surface area contributed by atoms with Crippen molar-refractivity contribution in [3.63, 3.8) is 0 Å². The number of rotatable bonds is 3. The predicted molar refractivity (Wildman–Crippen MR) is 70.2 cm³/mol. The zero-order chi connectivity index (χ0) is 13.3. The van der Waals surface area contributed by atoms with Gasteiger partial charge in [-0.2, -0.15) is 0 Å². The lowest BCUT2D eigenvalue weighted by atomic mass is 10.0. The highest BCUT2D eigenvalue weighted by Crippen LogP contribution is 2.19. The van der Waals surface area contributed by atoms with E-state index < -0.39 is 5.97 Å². The van der Waals surface area contributed by atoms with E-state index in [9.17, 15) is 14.7 Å². The molecule has 0 aliphatic rings. The topological polar surface area (TPSA) is 59.3 Å². The predicted octanol–water partition coefficient (Wildman–Crippen LogP) is 2.42. The van der Waals surface area contributed by atoms with Gasteiger partial charge in [-0.05, 0) is 19.4 Å². The van der Waals surface area contributed by atoms with E-state index in [-0.39, 0.29) is 11.1 Å². The van der Waals surface area contributed by atoms with Gasteiger partial charge in [0.15, 0.2) is 0 Å². The second-order valence-corrected chi connectivity index (χ2v) is 4.27. The van der Waals surface area contributed by atoms with Crippen LogP contribution in [-0.4, -0.2) is 15.6 Å². The lowest BCUT2D eigenvalue weighted by Crippen LogP contribution is -2.25. The van der Waals surface area contributed by atoms with Crippen molar-refractivity contribution in [3.8, 4) is 0 Å². The smallest absolute Gasteiger partial charge is 0.338 e. The summed E-state index contributed by atoms with van der Waals surface area (Å²) in [5.41, 5.74) is 0.627. The molecule has 0 amide bonds. The van der Waals surface area contributed by atoms with Gasteiger partial charge < -0.3 is 9.67 Å². The van der Waals surface area contributed by atoms with Crippen molar-refractivity contribution in [3.05, 3.63) is 45.9 Å². The number of aromatic nitrogens is 1. The molecule has 0 spiro atoms. The third-order valence-corrected chi connectivity index (χ3v) is 3.10. The number of benzene rings is 1. The van der Waals surface area contributed by atoms with Crippen molar-refractivity contribution in [2.75, 3.05) is 0 Å². The Bertz CT molecular complexity index is 671. The molecule has 4 heteroatoms. The monoisotopic (exact) mass is 245 g/mol. The third kappa shape index (κ3) is 1.79. The van der Waals surface area contributed by atoms with Crippen LogP contribution in [-0.2, 0) is 6.54 Å². The van der Waals surface area contributed by atoms with E-state index in [1.54, 1.807) is 35.8 Å². The first-order valence-electron chi connectivity index (χ1n) is 5.93. The van der Waals surface area contributed by atoms with Crippen molar-refractivity contribution in [2.24, 2.45) is 0 Å². The summed E-state index contributed by atoms with van der Waals surface area (Å²) >= 11 is 0. The van der Waals surface area contributed by atoms with E-state index in [2.05, 4.69) is 0 Å². The number of carboxylic acids is 1. The van der Waals surface area contributed by atoms with Crippen molar-refractivity contribution in [2.45, 2.75) is 26.8 Å². The Balaban J connectivity index is 2.96. The van der Waals surface area contributed by atoms with Crippen LogP contribution in [0, 0.1) is 6.92 Å². The van der Waals surface area contributed by atoms with Gasteiger partial charge in [0.25, 0.3) is 5.56 Å². The molecule has 0 radical (unpaired) electrons. The highest BCUT2D eigenvalue weighted by atomic mass is 16.4. The van der Waals surface area contributed by atoms with Crippen LogP contribution in [0.5, 0.6) is 0 Å². The number of aromatic carboxylic acids is 1. The summed E-state index contributed by atoms with van der Waals surface area (Å²) in [4.78, 5) is 23.7. The van der Waals surface area contributed by atoms with Gasteiger partial charge in [-0.25, -0.2) is 4.79 Å². The van der Waals surface area contributed by atoms with Crippen molar-refractivity contribution >= 4 is 16.7 Å². The molecule has 2 aromatic rings. The quantitative estimate of drug-likeness (QED) is 0.903. The maximum absolute atomic E-state index is 12.3. The van der Waals surface area contributed by atoms with Crippen LogP contribution in [0.1, 0.15) is 29.4 Å². The molecule has 1 aromatic carbocycles. The van der Waals surface area contributed by atoms with Gasteiger partial charge in [0.1, 0.15) is 0 Å². The molecule has 0 bridgehead atoms. The van der Waals surface area contributed by atoms with Gasteiger partial charge in [0.05, 0.1) is 5.56 Å². The van der Waals surface area contributed by atoms with Gasteiger partial charge in [-0.3, -0.25) is 4.79 Å². The number of pyridine rings is 1. The molecule has 0 saturated carbocycles. The molecule has 0 aliphatic heterocycles. The van der Waals surface area contributed by atoms with E-state index in [1.807, 2.05) is 6.92 Å². The fourth-order valence-electron chi connectivity index (χ4n) is 2.28. The van der Waals surface area contributed by atoms with E-state index in [1.165, 1.54) is 0 Å². The number of nitrogens with zero attached hydrogens (tertiary/aromatic N) is 1. The summed E-state index contributed by atoms with van der Waals surface area (Å²) in [6.07, 6.45) is 0.790.